The van der Waals surface area contributed by atoms with Crippen LogP contribution in [-0.2, 0) is 17.7 Å². The molecule has 3 heterocycles. The van der Waals surface area contributed by atoms with Crippen LogP contribution in [0.15, 0.2) is 18.2 Å². The Morgan fingerprint density at radius 2 is 2.00 bits per heavy atom. The molecule has 0 bridgehead atoms. The third-order valence-electron chi connectivity index (χ3n) is 7.04. The van der Waals surface area contributed by atoms with Crippen molar-refractivity contribution >= 4 is 11.4 Å². The fourth-order valence-corrected chi connectivity index (χ4v) is 5.19. The van der Waals surface area contributed by atoms with E-state index in [0.717, 1.165) is 74.7 Å². The van der Waals surface area contributed by atoms with Crippen molar-refractivity contribution in [2.24, 2.45) is 17.8 Å². The summed E-state index contributed by atoms with van der Waals surface area (Å²) in [6.45, 7) is 11.3. The van der Waals surface area contributed by atoms with Crippen molar-refractivity contribution in [3.8, 4) is 0 Å². The van der Waals surface area contributed by atoms with E-state index in [1.165, 1.54) is 5.69 Å². The maximum atomic E-state index is 14.6. The molecule has 1 aromatic heterocycles. The van der Waals surface area contributed by atoms with Gasteiger partial charge in [0.2, 0.25) is 0 Å². The first-order valence-electron chi connectivity index (χ1n) is 11.2. The maximum absolute atomic E-state index is 14.6. The lowest BCUT2D eigenvalue weighted by Gasteiger charge is -2.29. The fraction of sp³-hybridized carbons (Fsp3) is 0.609. The second kappa shape index (κ2) is 8.19. The van der Waals surface area contributed by atoms with Crippen LogP contribution >= 0.6 is 0 Å². The van der Waals surface area contributed by atoms with E-state index in [1.54, 1.807) is 6.07 Å². The molecule has 2 unspecified atom stereocenters. The van der Waals surface area contributed by atoms with E-state index in [4.69, 9.17) is 4.74 Å². The van der Waals surface area contributed by atoms with Crippen LogP contribution in [0.2, 0.25) is 0 Å². The summed E-state index contributed by atoms with van der Waals surface area (Å²) in [6.07, 6.45) is 0.952. The molecule has 0 spiro atoms. The molecule has 0 radical (unpaired) electrons. The van der Waals surface area contributed by atoms with Gasteiger partial charge in [-0.2, -0.15) is 0 Å². The summed E-state index contributed by atoms with van der Waals surface area (Å²) in [5.74, 6) is 3.18. The third-order valence-corrected chi connectivity index (χ3v) is 7.04. The van der Waals surface area contributed by atoms with Gasteiger partial charge >= 0.3 is 0 Å². The first-order chi connectivity index (χ1) is 14.6. The number of H-pyrrole nitrogens is 1. The SMILES string of the molecule is CCc1nc(C)c(CN2CC3C(CNc4ccc(N5CCOCC5)c(F)c4)C3C2)[nH]1. The van der Waals surface area contributed by atoms with E-state index in [0.29, 0.717) is 24.8 Å². The summed E-state index contributed by atoms with van der Waals surface area (Å²) >= 11 is 0. The molecule has 162 valence electrons. The number of imidazole rings is 1. The zero-order chi connectivity index (χ0) is 20.7. The number of nitrogens with one attached hydrogen (secondary N) is 2. The number of aryl methyl sites for hydroxylation is 2. The zero-order valence-corrected chi connectivity index (χ0v) is 18.0. The molecule has 3 fully saturated rings. The Kier molecular flexibility index (Phi) is 5.41. The molecule has 7 heteroatoms. The number of aromatic amines is 1. The minimum Gasteiger partial charge on any atom is -0.385 e. The van der Waals surface area contributed by atoms with Crippen molar-refractivity contribution in [1.29, 1.82) is 0 Å². The lowest BCUT2D eigenvalue weighted by atomic mass is 10.2. The van der Waals surface area contributed by atoms with Crippen LogP contribution in [0.4, 0.5) is 15.8 Å². The van der Waals surface area contributed by atoms with Crippen molar-refractivity contribution in [3.63, 3.8) is 0 Å². The summed E-state index contributed by atoms with van der Waals surface area (Å²) < 4.78 is 19.9. The average Bonchev–Trinajstić information content (AvgIpc) is 3.06. The number of likely N-dealkylation sites (tertiary alicyclic amines) is 1. The topological polar surface area (TPSA) is 56.4 Å². The molecule has 5 rings (SSSR count). The third kappa shape index (κ3) is 3.93. The monoisotopic (exact) mass is 413 g/mol. The largest absolute Gasteiger partial charge is 0.385 e. The van der Waals surface area contributed by atoms with Crippen LogP contribution in [0.5, 0.6) is 0 Å². The molecular weight excluding hydrogens is 381 g/mol. The number of anilines is 2. The number of aromatic nitrogens is 2. The highest BCUT2D eigenvalue weighted by Crippen LogP contribution is 2.51. The summed E-state index contributed by atoms with van der Waals surface area (Å²) in [5.41, 5.74) is 3.96. The standard InChI is InChI=1S/C23H32FN5O/c1-3-23-26-15(2)21(27-23)14-28-12-18-17(19(18)13-28)11-25-16-4-5-22(20(24)10-16)29-6-8-30-9-7-29/h4-5,10,17-19,25H,3,6-9,11-14H2,1-2H3,(H,26,27). The van der Waals surface area contributed by atoms with Gasteiger partial charge in [0.1, 0.15) is 11.6 Å². The number of benzene rings is 1. The quantitative estimate of drug-likeness (QED) is 0.731. The minimum absolute atomic E-state index is 0.148. The van der Waals surface area contributed by atoms with E-state index in [9.17, 15) is 4.39 Å². The summed E-state index contributed by atoms with van der Waals surface area (Å²) in [7, 11) is 0. The number of hydrogen-bond acceptors (Lipinski definition) is 5. The molecule has 2 N–H and O–H groups in total. The first-order valence-corrected chi connectivity index (χ1v) is 11.2. The number of fused-ring (bicyclic) bond motifs is 1. The van der Waals surface area contributed by atoms with Crippen LogP contribution in [0.3, 0.4) is 0 Å². The molecule has 2 atom stereocenters. The van der Waals surface area contributed by atoms with E-state index < -0.39 is 0 Å². The Balaban J connectivity index is 1.10. The maximum Gasteiger partial charge on any atom is 0.148 e. The van der Waals surface area contributed by atoms with Crippen LogP contribution in [0.1, 0.15) is 24.1 Å². The number of nitrogens with zero attached hydrogens (tertiary/aromatic N) is 3. The number of piperidine rings is 1. The van der Waals surface area contributed by atoms with Gasteiger partial charge in [-0.3, -0.25) is 4.90 Å². The lowest BCUT2D eigenvalue weighted by molar-refractivity contribution is 0.122. The van der Waals surface area contributed by atoms with E-state index >= 15 is 0 Å². The second-order valence-electron chi connectivity index (χ2n) is 8.93. The highest BCUT2D eigenvalue weighted by Gasteiger charge is 2.55. The fourth-order valence-electron chi connectivity index (χ4n) is 5.19. The van der Waals surface area contributed by atoms with Gasteiger partial charge in [0.25, 0.3) is 0 Å². The summed E-state index contributed by atoms with van der Waals surface area (Å²) in [6, 6.07) is 5.54. The van der Waals surface area contributed by atoms with Crippen molar-refractivity contribution in [3.05, 3.63) is 41.2 Å². The Morgan fingerprint density at radius 3 is 2.67 bits per heavy atom. The summed E-state index contributed by atoms with van der Waals surface area (Å²) in [5, 5.41) is 3.47. The van der Waals surface area contributed by atoms with Crippen molar-refractivity contribution < 1.29 is 9.13 Å². The summed E-state index contributed by atoms with van der Waals surface area (Å²) in [4.78, 5) is 12.7. The molecule has 1 saturated carbocycles. The molecule has 3 aliphatic rings. The predicted molar refractivity (Wildman–Crippen MR) is 116 cm³/mol. The number of rotatable bonds is 7. The van der Waals surface area contributed by atoms with Crippen molar-refractivity contribution in [1.82, 2.24) is 14.9 Å². The van der Waals surface area contributed by atoms with E-state index in [-0.39, 0.29) is 5.82 Å². The molecule has 2 aliphatic heterocycles. The molecule has 30 heavy (non-hydrogen) atoms. The smallest absolute Gasteiger partial charge is 0.148 e. The average molecular weight is 414 g/mol. The van der Waals surface area contributed by atoms with Gasteiger partial charge in [0.15, 0.2) is 0 Å². The number of hydrogen-bond donors (Lipinski definition) is 2. The normalized spacial score (nSPS) is 26.1. The minimum atomic E-state index is -0.148. The molecule has 2 saturated heterocycles. The van der Waals surface area contributed by atoms with Crippen LogP contribution in [0, 0.1) is 30.5 Å². The Morgan fingerprint density at radius 1 is 1.23 bits per heavy atom. The number of ether oxygens (including phenoxy) is 1. The van der Waals surface area contributed by atoms with Crippen molar-refractivity contribution in [2.75, 3.05) is 56.2 Å². The van der Waals surface area contributed by atoms with Gasteiger partial charge in [-0.15, -0.1) is 0 Å². The molecular formula is C23H32FN5O. The molecule has 1 aromatic carbocycles. The van der Waals surface area contributed by atoms with Gasteiger partial charge in [-0.05, 0) is 42.9 Å². The van der Waals surface area contributed by atoms with E-state index in [2.05, 4.69) is 38.9 Å². The van der Waals surface area contributed by atoms with Gasteiger partial charge < -0.3 is 19.9 Å². The second-order valence-corrected chi connectivity index (χ2v) is 8.93. The lowest BCUT2D eigenvalue weighted by Crippen LogP contribution is -2.36. The van der Waals surface area contributed by atoms with Crippen LogP contribution in [-0.4, -0.2) is 60.8 Å². The first kappa shape index (κ1) is 19.8. The van der Waals surface area contributed by atoms with Gasteiger partial charge in [0, 0.05) is 51.4 Å². The van der Waals surface area contributed by atoms with Gasteiger partial charge in [-0.25, -0.2) is 9.37 Å². The molecule has 0 amide bonds. The zero-order valence-electron chi connectivity index (χ0n) is 18.0. The molecule has 2 aromatic rings. The predicted octanol–water partition coefficient (Wildman–Crippen LogP) is 3.05. The Hall–Kier alpha value is -2.12. The van der Waals surface area contributed by atoms with Gasteiger partial charge in [-0.1, -0.05) is 6.92 Å². The van der Waals surface area contributed by atoms with Crippen LogP contribution < -0.4 is 10.2 Å². The Labute approximate surface area is 177 Å². The van der Waals surface area contributed by atoms with Crippen molar-refractivity contribution in [2.45, 2.75) is 26.8 Å². The van der Waals surface area contributed by atoms with Gasteiger partial charge in [0.05, 0.1) is 30.3 Å². The van der Waals surface area contributed by atoms with Crippen LogP contribution in [0.25, 0.3) is 0 Å². The number of morpholine rings is 1. The highest BCUT2D eigenvalue weighted by molar-refractivity contribution is 5.56. The highest BCUT2D eigenvalue weighted by atomic mass is 19.1. The number of halogens is 1. The molecule has 1 aliphatic carbocycles. The molecule has 6 nitrogen and oxygen atoms in total. The van der Waals surface area contributed by atoms with E-state index in [1.807, 2.05) is 12.1 Å². The Bertz CT molecular complexity index is 882.